The van der Waals surface area contributed by atoms with Crippen LogP contribution in [0.1, 0.15) is 17.7 Å². The van der Waals surface area contributed by atoms with Crippen LogP contribution in [0.3, 0.4) is 0 Å². The molecule has 0 fully saturated rings. The molecule has 0 aliphatic rings. The van der Waals surface area contributed by atoms with Gasteiger partial charge in [-0.2, -0.15) is 0 Å². The first-order valence-electron chi connectivity index (χ1n) is 8.05. The summed E-state index contributed by atoms with van der Waals surface area (Å²) in [6, 6.07) is 9.85. The zero-order chi connectivity index (χ0) is 17.6. The molecule has 2 aromatic heterocycles. The smallest absolute Gasteiger partial charge is 0.209 e. The Bertz CT molecular complexity index is 836. The number of rotatable bonds is 8. The summed E-state index contributed by atoms with van der Waals surface area (Å²) >= 11 is 7.83. The number of hydrogen-bond acceptors (Lipinski definition) is 6. The van der Waals surface area contributed by atoms with Gasteiger partial charge in [0.05, 0.1) is 6.54 Å². The van der Waals surface area contributed by atoms with Crippen molar-refractivity contribution in [3.8, 4) is 11.3 Å². The summed E-state index contributed by atoms with van der Waals surface area (Å²) in [6.07, 6.45) is 1.03. The van der Waals surface area contributed by atoms with Crippen molar-refractivity contribution in [3.63, 3.8) is 0 Å². The molecule has 6 nitrogen and oxygen atoms in total. The Morgan fingerprint density at radius 3 is 2.88 bits per heavy atom. The van der Waals surface area contributed by atoms with Crippen molar-refractivity contribution in [2.75, 3.05) is 12.3 Å². The Labute approximate surface area is 168 Å². The number of halogens is 2. The fraction of sp³-hybridized carbons (Fsp3) is 0.353. The molecular weight excluding hydrogens is 393 g/mol. The van der Waals surface area contributed by atoms with E-state index in [1.54, 1.807) is 16.4 Å². The summed E-state index contributed by atoms with van der Waals surface area (Å²) in [6.45, 7) is 3.61. The number of hydrogen-bond donors (Lipinski definition) is 1. The summed E-state index contributed by atoms with van der Waals surface area (Å²) in [5.74, 6) is 2.73. The van der Waals surface area contributed by atoms with E-state index in [4.69, 9.17) is 16.0 Å². The molecule has 9 heteroatoms. The molecule has 0 aliphatic heterocycles. The van der Waals surface area contributed by atoms with Gasteiger partial charge in [-0.3, -0.25) is 0 Å². The van der Waals surface area contributed by atoms with E-state index in [0.717, 1.165) is 51.5 Å². The Morgan fingerprint density at radius 2 is 2.12 bits per heavy atom. The predicted molar refractivity (Wildman–Crippen MR) is 107 cm³/mol. The van der Waals surface area contributed by atoms with Crippen LogP contribution in [0.15, 0.2) is 39.9 Å². The summed E-state index contributed by atoms with van der Waals surface area (Å²) < 4.78 is 7.61. The van der Waals surface area contributed by atoms with Gasteiger partial charge in [-0.1, -0.05) is 35.5 Å². The van der Waals surface area contributed by atoms with Crippen LogP contribution in [-0.4, -0.2) is 32.5 Å². The third kappa shape index (κ3) is 5.23. The maximum absolute atomic E-state index is 6.18. The van der Waals surface area contributed by atoms with Crippen LogP contribution in [0.2, 0.25) is 5.02 Å². The van der Waals surface area contributed by atoms with Crippen LogP contribution in [0.5, 0.6) is 0 Å². The molecule has 1 aromatic carbocycles. The van der Waals surface area contributed by atoms with Gasteiger partial charge >= 0.3 is 0 Å². The van der Waals surface area contributed by atoms with E-state index < -0.39 is 0 Å². The van der Waals surface area contributed by atoms with Gasteiger partial charge in [0.2, 0.25) is 5.16 Å². The summed E-state index contributed by atoms with van der Waals surface area (Å²) in [4.78, 5) is 0. The van der Waals surface area contributed by atoms with Crippen molar-refractivity contribution in [3.05, 3.63) is 46.7 Å². The minimum atomic E-state index is 0. The first-order chi connectivity index (χ1) is 12.1. The van der Waals surface area contributed by atoms with Crippen molar-refractivity contribution < 1.29 is 4.42 Å². The van der Waals surface area contributed by atoms with Crippen molar-refractivity contribution >= 4 is 35.8 Å². The lowest BCUT2D eigenvalue weighted by Gasteiger charge is -2.05. The summed E-state index contributed by atoms with van der Waals surface area (Å²) in [5.41, 5.74) is 2.07. The van der Waals surface area contributed by atoms with Gasteiger partial charge in [-0.05, 0) is 54.1 Å². The molecule has 0 unspecified atom stereocenters. The topological polar surface area (TPSA) is 68.8 Å². The molecule has 140 valence electrons. The van der Waals surface area contributed by atoms with Crippen molar-refractivity contribution in [1.82, 2.24) is 25.5 Å². The van der Waals surface area contributed by atoms with Gasteiger partial charge in [0.1, 0.15) is 11.5 Å². The quantitative estimate of drug-likeness (QED) is 0.442. The van der Waals surface area contributed by atoms with Crippen LogP contribution in [0.25, 0.3) is 11.3 Å². The first kappa shape index (κ1) is 20.8. The Hall–Kier alpha value is -1.54. The van der Waals surface area contributed by atoms with E-state index in [9.17, 15) is 0 Å². The molecule has 0 saturated heterocycles. The second kappa shape index (κ2) is 9.97. The van der Waals surface area contributed by atoms with Crippen LogP contribution in [-0.2, 0) is 13.6 Å². The minimum Gasteiger partial charge on any atom is -0.460 e. The Morgan fingerprint density at radius 1 is 1.27 bits per heavy atom. The molecule has 3 aromatic rings. The van der Waals surface area contributed by atoms with E-state index in [2.05, 4.69) is 20.8 Å². The third-order valence-corrected chi connectivity index (χ3v) is 5.31. The number of aromatic nitrogens is 4. The number of tetrazole rings is 1. The molecule has 0 saturated carbocycles. The van der Waals surface area contributed by atoms with Gasteiger partial charge in [0.25, 0.3) is 0 Å². The maximum Gasteiger partial charge on any atom is 0.209 e. The monoisotopic (exact) mass is 413 g/mol. The normalized spacial score (nSPS) is 10.7. The van der Waals surface area contributed by atoms with E-state index in [1.807, 2.05) is 44.3 Å². The second-order valence-corrected chi connectivity index (χ2v) is 7.11. The van der Waals surface area contributed by atoms with E-state index in [1.165, 1.54) is 0 Å². The van der Waals surface area contributed by atoms with Crippen LogP contribution in [0.4, 0.5) is 0 Å². The minimum absolute atomic E-state index is 0. The highest BCUT2D eigenvalue weighted by Gasteiger charge is 2.09. The van der Waals surface area contributed by atoms with Crippen LogP contribution in [0, 0.1) is 6.92 Å². The fourth-order valence-corrected chi connectivity index (χ4v) is 3.37. The molecule has 1 N–H and O–H groups in total. The van der Waals surface area contributed by atoms with Crippen molar-refractivity contribution in [2.24, 2.45) is 7.05 Å². The van der Waals surface area contributed by atoms with E-state index >= 15 is 0 Å². The largest absolute Gasteiger partial charge is 0.460 e. The standard InChI is InChI=1S/C17H20ClN5OS.ClH/c1-12-14(5-3-6-15(12)18)16-8-7-13(24-16)11-19-9-4-10-25-17-20-21-22-23(17)2;/h3,5-8,19H,4,9-11H2,1-2H3;1H. The summed E-state index contributed by atoms with van der Waals surface area (Å²) in [5, 5.41) is 16.4. The lowest BCUT2D eigenvalue weighted by atomic mass is 10.1. The van der Waals surface area contributed by atoms with Gasteiger partial charge in [-0.25, -0.2) is 4.68 Å². The van der Waals surface area contributed by atoms with Crippen LogP contribution < -0.4 is 5.32 Å². The SMILES string of the molecule is Cc1c(Cl)cccc1-c1ccc(CNCCCSc2nnnn2C)o1.Cl. The number of thioether (sulfide) groups is 1. The van der Waals surface area contributed by atoms with Gasteiger partial charge in [-0.15, -0.1) is 17.5 Å². The second-order valence-electron chi connectivity index (χ2n) is 5.64. The lowest BCUT2D eigenvalue weighted by molar-refractivity contribution is 0.493. The zero-order valence-corrected chi connectivity index (χ0v) is 17.0. The van der Waals surface area contributed by atoms with E-state index in [-0.39, 0.29) is 12.4 Å². The number of furan rings is 1. The zero-order valence-electron chi connectivity index (χ0n) is 14.6. The van der Waals surface area contributed by atoms with Crippen molar-refractivity contribution in [2.45, 2.75) is 25.0 Å². The van der Waals surface area contributed by atoms with Gasteiger partial charge in [0, 0.05) is 23.4 Å². The number of nitrogens with one attached hydrogen (secondary N) is 1. The third-order valence-electron chi connectivity index (χ3n) is 3.80. The molecule has 2 heterocycles. The lowest BCUT2D eigenvalue weighted by Crippen LogP contribution is -2.14. The molecule has 0 aliphatic carbocycles. The van der Waals surface area contributed by atoms with Crippen LogP contribution >= 0.6 is 35.8 Å². The molecular formula is C17H21Cl2N5OS. The number of aryl methyl sites for hydroxylation is 1. The predicted octanol–water partition coefficient (Wildman–Crippen LogP) is 4.13. The fourth-order valence-electron chi connectivity index (χ4n) is 2.41. The Balaban J connectivity index is 0.00000243. The highest BCUT2D eigenvalue weighted by Crippen LogP contribution is 2.29. The van der Waals surface area contributed by atoms with E-state index in [0.29, 0.717) is 6.54 Å². The molecule has 0 atom stereocenters. The number of nitrogens with zero attached hydrogens (tertiary/aromatic N) is 4. The molecule has 0 amide bonds. The maximum atomic E-state index is 6.18. The molecule has 0 bridgehead atoms. The van der Waals surface area contributed by atoms with Gasteiger partial charge < -0.3 is 9.73 Å². The molecule has 0 radical (unpaired) electrons. The average Bonchev–Trinajstić information content (AvgIpc) is 3.23. The summed E-state index contributed by atoms with van der Waals surface area (Å²) in [7, 11) is 1.84. The average molecular weight is 414 g/mol. The number of benzene rings is 1. The van der Waals surface area contributed by atoms with Crippen molar-refractivity contribution in [1.29, 1.82) is 0 Å². The Kier molecular flexibility index (Phi) is 7.96. The first-order valence-corrected chi connectivity index (χ1v) is 9.41. The highest BCUT2D eigenvalue weighted by atomic mass is 35.5. The molecule has 0 spiro atoms. The van der Waals surface area contributed by atoms with Gasteiger partial charge in [0.15, 0.2) is 0 Å². The molecule has 26 heavy (non-hydrogen) atoms. The highest BCUT2D eigenvalue weighted by molar-refractivity contribution is 7.99. The molecule has 3 rings (SSSR count).